The van der Waals surface area contributed by atoms with E-state index in [1.165, 1.54) is 18.4 Å². The fourth-order valence-electron chi connectivity index (χ4n) is 3.18. The number of aryl methyl sites for hydroxylation is 1. The molecule has 2 rings (SSSR count). The SMILES string of the molecule is Cc1ccccc1C(C)(O)C1CCC(C)CC1. The van der Waals surface area contributed by atoms with Crippen LogP contribution in [-0.4, -0.2) is 5.11 Å². The zero-order valence-electron chi connectivity index (χ0n) is 11.2. The first-order valence-corrected chi connectivity index (χ1v) is 6.80. The third-order valence-corrected chi connectivity index (χ3v) is 4.50. The smallest absolute Gasteiger partial charge is 0.0899 e. The summed E-state index contributed by atoms with van der Waals surface area (Å²) in [4.78, 5) is 0. The van der Waals surface area contributed by atoms with Crippen LogP contribution in [0.25, 0.3) is 0 Å². The number of hydrogen-bond donors (Lipinski definition) is 1. The van der Waals surface area contributed by atoms with E-state index in [9.17, 15) is 5.11 Å². The number of hydrogen-bond acceptors (Lipinski definition) is 1. The number of aliphatic hydroxyl groups is 1. The summed E-state index contributed by atoms with van der Waals surface area (Å²) in [5.41, 5.74) is 1.65. The van der Waals surface area contributed by atoms with Crippen LogP contribution >= 0.6 is 0 Å². The van der Waals surface area contributed by atoms with Crippen LogP contribution in [0.5, 0.6) is 0 Å². The molecule has 1 unspecified atom stereocenters. The third-order valence-electron chi connectivity index (χ3n) is 4.50. The Morgan fingerprint density at radius 1 is 1.12 bits per heavy atom. The average molecular weight is 232 g/mol. The van der Waals surface area contributed by atoms with E-state index in [1.807, 2.05) is 19.1 Å². The highest BCUT2D eigenvalue weighted by Gasteiger charge is 2.36. The molecule has 1 nitrogen and oxygen atoms in total. The van der Waals surface area contributed by atoms with Crippen molar-refractivity contribution in [2.45, 2.75) is 52.1 Å². The lowest BCUT2D eigenvalue weighted by atomic mass is 9.71. The van der Waals surface area contributed by atoms with Gasteiger partial charge in [-0.1, -0.05) is 44.0 Å². The van der Waals surface area contributed by atoms with Crippen LogP contribution in [0, 0.1) is 18.8 Å². The molecule has 0 spiro atoms. The Morgan fingerprint density at radius 2 is 1.71 bits per heavy atom. The molecule has 0 radical (unpaired) electrons. The predicted octanol–water partition coefficient (Wildman–Crippen LogP) is 4.03. The minimum Gasteiger partial charge on any atom is -0.385 e. The van der Waals surface area contributed by atoms with Gasteiger partial charge in [-0.2, -0.15) is 0 Å². The highest BCUT2D eigenvalue weighted by molar-refractivity contribution is 5.31. The Kier molecular flexibility index (Phi) is 3.58. The van der Waals surface area contributed by atoms with E-state index >= 15 is 0 Å². The fourth-order valence-corrected chi connectivity index (χ4v) is 3.18. The lowest BCUT2D eigenvalue weighted by Crippen LogP contribution is -2.35. The first-order chi connectivity index (χ1) is 8.01. The molecule has 1 aliphatic rings. The van der Waals surface area contributed by atoms with Crippen molar-refractivity contribution < 1.29 is 5.11 Å². The fraction of sp³-hybridized carbons (Fsp3) is 0.625. The summed E-state index contributed by atoms with van der Waals surface area (Å²) in [6.07, 6.45) is 4.82. The second kappa shape index (κ2) is 4.81. The van der Waals surface area contributed by atoms with Crippen molar-refractivity contribution in [3.8, 4) is 0 Å². The molecule has 94 valence electrons. The van der Waals surface area contributed by atoms with Crippen molar-refractivity contribution in [3.63, 3.8) is 0 Å². The molecule has 0 saturated heterocycles. The van der Waals surface area contributed by atoms with Gasteiger partial charge in [0.2, 0.25) is 0 Å². The maximum Gasteiger partial charge on any atom is 0.0899 e. The monoisotopic (exact) mass is 232 g/mol. The first kappa shape index (κ1) is 12.6. The van der Waals surface area contributed by atoms with E-state index in [0.717, 1.165) is 24.3 Å². The van der Waals surface area contributed by atoms with Crippen LogP contribution in [-0.2, 0) is 5.60 Å². The molecular weight excluding hydrogens is 208 g/mol. The molecule has 0 aliphatic heterocycles. The van der Waals surface area contributed by atoms with Gasteiger partial charge < -0.3 is 5.11 Å². The Morgan fingerprint density at radius 3 is 2.29 bits per heavy atom. The van der Waals surface area contributed by atoms with Crippen molar-refractivity contribution in [1.82, 2.24) is 0 Å². The third kappa shape index (κ3) is 2.55. The largest absolute Gasteiger partial charge is 0.385 e. The van der Waals surface area contributed by atoms with Gasteiger partial charge in [-0.15, -0.1) is 0 Å². The zero-order valence-corrected chi connectivity index (χ0v) is 11.2. The van der Waals surface area contributed by atoms with Gasteiger partial charge >= 0.3 is 0 Å². The minimum atomic E-state index is -0.661. The van der Waals surface area contributed by atoms with E-state index in [1.54, 1.807) is 0 Å². The number of benzene rings is 1. The molecule has 0 aromatic heterocycles. The Hall–Kier alpha value is -0.820. The molecule has 1 atom stereocenters. The molecule has 1 saturated carbocycles. The molecule has 1 fully saturated rings. The molecular formula is C16H24O. The summed E-state index contributed by atoms with van der Waals surface area (Å²) in [5, 5.41) is 10.9. The quantitative estimate of drug-likeness (QED) is 0.816. The molecule has 1 N–H and O–H groups in total. The molecule has 1 aromatic rings. The van der Waals surface area contributed by atoms with Gasteiger partial charge in [0.25, 0.3) is 0 Å². The average Bonchev–Trinajstić information content (AvgIpc) is 2.30. The van der Waals surface area contributed by atoms with Crippen LogP contribution in [0.3, 0.4) is 0 Å². The maximum absolute atomic E-state index is 10.9. The van der Waals surface area contributed by atoms with E-state index in [2.05, 4.69) is 26.0 Å². The standard InChI is InChI=1S/C16H24O/c1-12-8-10-14(11-9-12)16(3,17)15-7-5-4-6-13(15)2/h4-7,12,14,17H,8-11H2,1-3H3. The lowest BCUT2D eigenvalue weighted by molar-refractivity contribution is -0.0269. The van der Waals surface area contributed by atoms with Gasteiger partial charge in [0, 0.05) is 0 Å². The van der Waals surface area contributed by atoms with Gasteiger partial charge in [0.15, 0.2) is 0 Å². The predicted molar refractivity (Wildman–Crippen MR) is 71.9 cm³/mol. The maximum atomic E-state index is 10.9. The van der Waals surface area contributed by atoms with Crippen LogP contribution < -0.4 is 0 Å². The summed E-state index contributed by atoms with van der Waals surface area (Å²) >= 11 is 0. The summed E-state index contributed by atoms with van der Waals surface area (Å²) in [7, 11) is 0. The molecule has 17 heavy (non-hydrogen) atoms. The lowest BCUT2D eigenvalue weighted by Gasteiger charge is -2.38. The van der Waals surface area contributed by atoms with Crippen molar-refractivity contribution in [2.75, 3.05) is 0 Å². The van der Waals surface area contributed by atoms with E-state index in [4.69, 9.17) is 0 Å². The van der Waals surface area contributed by atoms with Crippen LogP contribution in [0.4, 0.5) is 0 Å². The molecule has 1 aliphatic carbocycles. The van der Waals surface area contributed by atoms with Crippen molar-refractivity contribution >= 4 is 0 Å². The minimum absolute atomic E-state index is 0.416. The van der Waals surface area contributed by atoms with Gasteiger partial charge in [-0.05, 0) is 49.7 Å². The van der Waals surface area contributed by atoms with Gasteiger partial charge in [0.05, 0.1) is 5.60 Å². The molecule has 1 aromatic carbocycles. The van der Waals surface area contributed by atoms with Gasteiger partial charge in [-0.25, -0.2) is 0 Å². The number of rotatable bonds is 2. The van der Waals surface area contributed by atoms with Crippen molar-refractivity contribution in [1.29, 1.82) is 0 Å². The van der Waals surface area contributed by atoms with E-state index < -0.39 is 5.60 Å². The van der Waals surface area contributed by atoms with Crippen LogP contribution in [0.1, 0.15) is 50.7 Å². The molecule has 0 bridgehead atoms. The van der Waals surface area contributed by atoms with Gasteiger partial charge in [-0.3, -0.25) is 0 Å². The normalized spacial score (nSPS) is 28.7. The Labute approximate surface area is 105 Å². The zero-order chi connectivity index (χ0) is 12.5. The van der Waals surface area contributed by atoms with Crippen LogP contribution in [0.2, 0.25) is 0 Å². The van der Waals surface area contributed by atoms with Crippen molar-refractivity contribution in [2.24, 2.45) is 11.8 Å². The Bertz CT molecular complexity index is 373. The Balaban J connectivity index is 2.21. The molecule has 0 amide bonds. The highest BCUT2D eigenvalue weighted by Crippen LogP contribution is 2.41. The van der Waals surface area contributed by atoms with Gasteiger partial charge in [0.1, 0.15) is 0 Å². The first-order valence-electron chi connectivity index (χ1n) is 6.80. The summed E-state index contributed by atoms with van der Waals surface area (Å²) in [5.74, 6) is 1.25. The summed E-state index contributed by atoms with van der Waals surface area (Å²) < 4.78 is 0. The summed E-state index contributed by atoms with van der Waals surface area (Å²) in [6.45, 7) is 6.41. The topological polar surface area (TPSA) is 20.2 Å². The van der Waals surface area contributed by atoms with E-state index in [0.29, 0.717) is 5.92 Å². The van der Waals surface area contributed by atoms with E-state index in [-0.39, 0.29) is 0 Å². The second-order valence-electron chi connectivity index (χ2n) is 5.92. The molecule has 0 heterocycles. The van der Waals surface area contributed by atoms with Crippen LogP contribution in [0.15, 0.2) is 24.3 Å². The second-order valence-corrected chi connectivity index (χ2v) is 5.92. The highest BCUT2D eigenvalue weighted by atomic mass is 16.3. The molecule has 1 heteroatoms. The van der Waals surface area contributed by atoms with Crippen molar-refractivity contribution in [3.05, 3.63) is 35.4 Å². The summed E-state index contributed by atoms with van der Waals surface area (Å²) in [6, 6.07) is 8.24.